The molecule has 6 aromatic rings. The first-order chi connectivity index (χ1) is 33.4. The van der Waals surface area contributed by atoms with Crippen molar-refractivity contribution < 1.29 is 62.4 Å². The number of benzene rings is 4. The number of nitrogens with two attached hydrogens (primary N) is 1. The number of aliphatic imine (C=N–C) groups is 1. The van der Waals surface area contributed by atoms with Gasteiger partial charge in [-0.15, -0.1) is 0 Å². The molecule has 0 aliphatic carbocycles. The molecule has 0 radical (unpaired) electrons. The van der Waals surface area contributed by atoms with Crippen LogP contribution in [-0.2, 0) is 48.4 Å². The Morgan fingerprint density at radius 1 is 0.630 bits per heavy atom. The van der Waals surface area contributed by atoms with Gasteiger partial charge in [0.2, 0.25) is 23.6 Å². The highest BCUT2D eigenvalue weighted by Crippen LogP contribution is 2.38. The Hall–Kier alpha value is -6.01. The van der Waals surface area contributed by atoms with Crippen molar-refractivity contribution in [2.45, 2.75) is 36.0 Å². The van der Waals surface area contributed by atoms with Gasteiger partial charge in [-0.3, -0.25) is 23.8 Å². The number of anilines is 3. The predicted molar refractivity (Wildman–Crippen MR) is 266 cm³/mol. The lowest BCUT2D eigenvalue weighted by Crippen LogP contribution is -2.20. The molecule has 73 heavy (non-hydrogen) atoms. The van der Waals surface area contributed by atoms with Gasteiger partial charge >= 0.3 is 12.4 Å². The fourth-order valence-corrected chi connectivity index (χ4v) is 9.02. The number of isocyanates is 1. The van der Waals surface area contributed by atoms with Gasteiger partial charge in [-0.2, -0.15) is 26.3 Å². The van der Waals surface area contributed by atoms with Crippen LogP contribution in [0.5, 0.6) is 0 Å². The highest BCUT2D eigenvalue weighted by Gasteiger charge is 2.36. The number of ketones is 2. The molecule has 0 fully saturated rings. The van der Waals surface area contributed by atoms with Crippen molar-refractivity contribution in [1.82, 2.24) is 15.3 Å². The van der Waals surface area contributed by atoms with Crippen LogP contribution in [0.1, 0.15) is 56.2 Å². The smallest absolute Gasteiger partial charge is 0.399 e. The Bertz CT molecular complexity index is 3370. The normalized spacial score (nSPS) is 11.3. The number of rotatable bonds is 12. The van der Waals surface area contributed by atoms with Gasteiger partial charge in [0, 0.05) is 43.3 Å². The Labute approximate surface area is 442 Å². The SMILES string of the molecule is C.CN=C=O.CNC(=O)Cc1ccc(Cl)c(C(=O)c2ncc(Cl)cc2NS(=O)(=O)c2ccc(Cl)c(C(F)(F)F)c2)c1.Nc1ccc(Cl)c(C(=O)c2ncc(Cl)cc2NS(=O)(=O)c2ccc(Cl)c(C(F)(F)F)c2)c1. The molecule has 0 bridgehead atoms. The van der Waals surface area contributed by atoms with E-state index < -0.39 is 92.0 Å². The summed E-state index contributed by atoms with van der Waals surface area (Å²) < 4.78 is 135. The van der Waals surface area contributed by atoms with Crippen molar-refractivity contribution in [2.24, 2.45) is 4.99 Å². The summed E-state index contributed by atoms with van der Waals surface area (Å²) in [4.78, 5) is 56.0. The number of likely N-dealkylation sites (N-methyl/N-ethyl adjacent to an activating group) is 1. The summed E-state index contributed by atoms with van der Waals surface area (Å²) in [6.45, 7) is 0. The highest BCUT2D eigenvalue weighted by molar-refractivity contribution is 7.93. The van der Waals surface area contributed by atoms with Gasteiger partial charge in [-0.25, -0.2) is 36.6 Å². The average Bonchev–Trinajstić information content (AvgIpc) is 3.29. The standard InChI is InChI=1S/C22H15Cl3F3N3O4S.C19H11Cl3F3N3O3S.C2H3NO.CH4/c1-29-19(32)7-11-2-4-16(24)14(6-11)21(33)20-18(8-12(23)10-30-20)31-36(34,35)13-3-5-17(25)15(9-13)22(26,27)28;20-9-5-16(17(27-8-9)18(29)12-6-10(26)1-3-14(12)21)28-32(30,31)11-2-4-15(22)13(7-11)19(23,24)25;1-3-2-4;/h2-6,8-10,31H,7H2,1H3,(H,29,32);1-8,28H,26H2;1H3;1H4. The molecule has 4 aromatic carbocycles. The van der Waals surface area contributed by atoms with Crippen LogP contribution in [0.3, 0.4) is 0 Å². The summed E-state index contributed by atoms with van der Waals surface area (Å²) in [5, 5.41) is 1.01. The lowest BCUT2D eigenvalue weighted by atomic mass is 10.0. The van der Waals surface area contributed by atoms with Gasteiger partial charge in [0.15, 0.2) is 0 Å². The van der Waals surface area contributed by atoms with Crippen molar-refractivity contribution in [3.63, 3.8) is 0 Å². The van der Waals surface area contributed by atoms with E-state index in [1.165, 1.54) is 56.6 Å². The Morgan fingerprint density at radius 3 is 1.40 bits per heavy atom. The van der Waals surface area contributed by atoms with Crippen LogP contribution < -0.4 is 20.5 Å². The van der Waals surface area contributed by atoms with E-state index in [-0.39, 0.29) is 62.3 Å². The van der Waals surface area contributed by atoms with Crippen molar-refractivity contribution in [1.29, 1.82) is 0 Å². The second-order valence-electron chi connectivity index (χ2n) is 14.0. The number of aromatic nitrogens is 2. The molecule has 2 aromatic heterocycles. The van der Waals surface area contributed by atoms with Crippen LogP contribution in [0.2, 0.25) is 30.1 Å². The minimum atomic E-state index is -4.90. The molecule has 15 nitrogen and oxygen atoms in total. The molecular formula is C44H33Cl6F6N7O8S2. The van der Waals surface area contributed by atoms with Crippen LogP contribution in [0.15, 0.2) is 112 Å². The number of amides is 1. The first-order valence-electron chi connectivity index (χ1n) is 19.1. The molecule has 0 saturated heterocycles. The van der Waals surface area contributed by atoms with Crippen molar-refractivity contribution in [3.05, 3.63) is 167 Å². The number of nitrogens with one attached hydrogen (secondary N) is 3. The van der Waals surface area contributed by atoms with Crippen molar-refractivity contribution >= 4 is 130 Å². The van der Waals surface area contributed by atoms with Gasteiger partial charge in [-0.1, -0.05) is 83.1 Å². The molecule has 0 atom stereocenters. The fourth-order valence-electron chi connectivity index (χ4n) is 5.68. The first kappa shape index (κ1) is 61.3. The summed E-state index contributed by atoms with van der Waals surface area (Å²) in [6, 6.07) is 14.6. The molecule has 0 unspecified atom stereocenters. The first-order valence-corrected chi connectivity index (χ1v) is 24.4. The van der Waals surface area contributed by atoms with E-state index in [1.54, 1.807) is 0 Å². The second-order valence-corrected chi connectivity index (χ2v) is 19.8. The monoisotopic (exact) mass is 1170 g/mol. The molecule has 29 heteroatoms. The number of carbonyl (C=O) groups excluding carboxylic acids is 4. The summed E-state index contributed by atoms with van der Waals surface area (Å²) in [5.74, 6) is -1.93. The number of sulfonamides is 2. The van der Waals surface area contributed by atoms with Gasteiger partial charge in [-0.05, 0) is 84.4 Å². The van der Waals surface area contributed by atoms with Gasteiger partial charge < -0.3 is 11.1 Å². The molecule has 0 aliphatic heterocycles. The largest absolute Gasteiger partial charge is 0.417 e. The number of nitrogen functional groups attached to an aromatic ring is 1. The molecule has 2 heterocycles. The summed E-state index contributed by atoms with van der Waals surface area (Å²) >= 11 is 35.1. The average molecular weight is 1180 g/mol. The van der Waals surface area contributed by atoms with Gasteiger partial charge in [0.25, 0.3) is 20.0 Å². The molecule has 0 spiro atoms. The van der Waals surface area contributed by atoms with E-state index >= 15 is 0 Å². The number of carbonyl (C=O) groups is 3. The van der Waals surface area contributed by atoms with Crippen molar-refractivity contribution in [3.8, 4) is 0 Å². The van der Waals surface area contributed by atoms with E-state index in [0.29, 0.717) is 17.7 Å². The van der Waals surface area contributed by atoms with Crippen LogP contribution in [0.25, 0.3) is 0 Å². The molecule has 6 rings (SSSR count). The zero-order valence-corrected chi connectivity index (χ0v) is 42.2. The maximum absolute atomic E-state index is 13.3. The maximum atomic E-state index is 13.3. The van der Waals surface area contributed by atoms with E-state index in [9.17, 15) is 57.6 Å². The molecule has 0 saturated carbocycles. The number of halogens is 12. The zero-order chi connectivity index (χ0) is 54.1. The lowest BCUT2D eigenvalue weighted by Gasteiger charge is -2.15. The number of hydrogen-bond donors (Lipinski definition) is 4. The second kappa shape index (κ2) is 25.3. The van der Waals surface area contributed by atoms with E-state index in [4.69, 9.17) is 80.1 Å². The summed E-state index contributed by atoms with van der Waals surface area (Å²) in [6.07, 6.45) is -6.36. The maximum Gasteiger partial charge on any atom is 0.417 e. The molecule has 388 valence electrons. The highest BCUT2D eigenvalue weighted by atomic mass is 35.5. The number of hydrogen-bond acceptors (Lipinski definition) is 12. The Kier molecular flexibility index (Phi) is 21.2. The molecule has 0 aliphatic rings. The topological polar surface area (TPSA) is 237 Å². The van der Waals surface area contributed by atoms with E-state index in [1.807, 2.05) is 4.72 Å². The molecule has 5 N–H and O–H groups in total. The quantitative estimate of drug-likeness (QED) is 0.0296. The zero-order valence-electron chi connectivity index (χ0n) is 36.0. The summed E-state index contributed by atoms with van der Waals surface area (Å²) in [7, 11) is -6.43. The third-order valence-corrected chi connectivity index (χ3v) is 13.4. The van der Waals surface area contributed by atoms with E-state index in [2.05, 4.69) is 25.0 Å². The molecule has 1 amide bonds. The Morgan fingerprint density at radius 2 is 1.01 bits per heavy atom. The van der Waals surface area contributed by atoms with E-state index in [0.717, 1.165) is 48.8 Å². The van der Waals surface area contributed by atoms with Gasteiger partial charge in [0.05, 0.1) is 68.8 Å². The van der Waals surface area contributed by atoms with Crippen LogP contribution in [-0.4, -0.2) is 64.5 Å². The third kappa shape index (κ3) is 16.2. The fraction of sp³-hybridized carbons (Fsp3) is 0.136. The third-order valence-electron chi connectivity index (χ3n) is 8.98. The van der Waals surface area contributed by atoms with Crippen LogP contribution in [0.4, 0.5) is 43.4 Å². The Balaban J connectivity index is 0.000000356. The van der Waals surface area contributed by atoms with Crippen molar-refractivity contribution in [2.75, 3.05) is 29.3 Å². The number of pyridine rings is 2. The minimum absolute atomic E-state index is 0. The lowest BCUT2D eigenvalue weighted by molar-refractivity contribution is -0.138. The van der Waals surface area contributed by atoms with Crippen LogP contribution >= 0.6 is 69.6 Å². The van der Waals surface area contributed by atoms with Crippen LogP contribution in [0, 0.1) is 0 Å². The number of alkyl halides is 6. The molecular weight excluding hydrogens is 1150 g/mol. The van der Waals surface area contributed by atoms with Gasteiger partial charge in [0.1, 0.15) is 11.4 Å². The summed E-state index contributed by atoms with van der Waals surface area (Å²) in [5.41, 5.74) is 1.91. The predicted octanol–water partition coefficient (Wildman–Crippen LogP) is 11.6. The minimum Gasteiger partial charge on any atom is -0.399 e. The number of nitrogens with zero attached hydrogens (tertiary/aromatic N) is 3.